The summed E-state index contributed by atoms with van der Waals surface area (Å²) in [5, 5.41) is 11.6. The van der Waals surface area contributed by atoms with Crippen molar-refractivity contribution >= 4 is 41.6 Å². The van der Waals surface area contributed by atoms with Crippen molar-refractivity contribution in [3.63, 3.8) is 0 Å². The number of carbonyl (C=O) groups excluding carboxylic acids is 3. The lowest BCUT2D eigenvalue weighted by Gasteiger charge is -2.29. The fraction of sp³-hybridized carbons (Fsp3) is 0.120. The first-order chi connectivity index (χ1) is 15.7. The highest BCUT2D eigenvalue weighted by Crippen LogP contribution is 2.29. The van der Waals surface area contributed by atoms with E-state index in [2.05, 4.69) is 5.32 Å². The molecule has 0 saturated heterocycles. The van der Waals surface area contributed by atoms with E-state index in [-0.39, 0.29) is 22.5 Å². The van der Waals surface area contributed by atoms with Gasteiger partial charge in [-0.2, -0.15) is 0 Å². The molecule has 0 aromatic heterocycles. The van der Waals surface area contributed by atoms with E-state index in [1.807, 2.05) is 49.3 Å². The van der Waals surface area contributed by atoms with Gasteiger partial charge >= 0.3 is 5.97 Å². The average Bonchev–Trinajstić information content (AvgIpc) is 2.79. The third-order valence-electron chi connectivity index (χ3n) is 5.15. The molecule has 0 bridgehead atoms. The van der Waals surface area contributed by atoms with E-state index in [1.165, 1.54) is 24.3 Å². The Morgan fingerprint density at radius 1 is 1.06 bits per heavy atom. The van der Waals surface area contributed by atoms with Crippen LogP contribution in [0.15, 0.2) is 77.5 Å². The van der Waals surface area contributed by atoms with E-state index in [0.717, 1.165) is 16.2 Å². The van der Waals surface area contributed by atoms with Crippen LogP contribution >= 0.6 is 0 Å². The van der Waals surface area contributed by atoms with E-state index < -0.39 is 17.8 Å². The van der Waals surface area contributed by atoms with Crippen molar-refractivity contribution < 1.29 is 24.3 Å². The zero-order chi connectivity index (χ0) is 24.1. The number of hydrogen-bond donors (Lipinski definition) is 2. The number of nitrogens with one attached hydrogen (secondary N) is 1. The quantitative estimate of drug-likeness (QED) is 0.386. The molecule has 0 aliphatic carbocycles. The number of imide groups is 1. The summed E-state index contributed by atoms with van der Waals surface area (Å²) in [7, 11) is 3.90. The number of carboxylic acids is 1. The minimum atomic E-state index is -1.19. The van der Waals surface area contributed by atoms with E-state index in [9.17, 15) is 24.3 Å². The number of benzene rings is 2. The molecule has 3 rings (SSSR count). The molecule has 0 unspecified atom stereocenters. The summed E-state index contributed by atoms with van der Waals surface area (Å²) in [4.78, 5) is 51.5. The van der Waals surface area contributed by atoms with Gasteiger partial charge in [0.1, 0.15) is 5.70 Å². The first kappa shape index (κ1) is 23.2. The molecule has 0 spiro atoms. The van der Waals surface area contributed by atoms with Crippen molar-refractivity contribution in [2.75, 3.05) is 23.9 Å². The lowest BCUT2D eigenvalue weighted by atomic mass is 9.97. The van der Waals surface area contributed by atoms with E-state index >= 15 is 0 Å². The predicted octanol–water partition coefficient (Wildman–Crippen LogP) is 2.98. The van der Waals surface area contributed by atoms with E-state index in [1.54, 1.807) is 19.1 Å². The van der Waals surface area contributed by atoms with Gasteiger partial charge in [0, 0.05) is 25.4 Å². The van der Waals surface area contributed by atoms with Gasteiger partial charge in [-0.05, 0) is 54.5 Å². The summed E-state index contributed by atoms with van der Waals surface area (Å²) in [6.07, 6.45) is 5.41. The normalized spacial score (nSPS) is 15.4. The van der Waals surface area contributed by atoms with Gasteiger partial charge < -0.3 is 15.3 Å². The zero-order valence-corrected chi connectivity index (χ0v) is 18.4. The fourth-order valence-corrected chi connectivity index (χ4v) is 3.36. The van der Waals surface area contributed by atoms with Crippen LogP contribution in [0.1, 0.15) is 22.8 Å². The van der Waals surface area contributed by atoms with Crippen molar-refractivity contribution in [2.45, 2.75) is 6.92 Å². The number of allylic oxidation sites excluding steroid dienone is 2. The lowest BCUT2D eigenvalue weighted by molar-refractivity contribution is -0.124. The summed E-state index contributed by atoms with van der Waals surface area (Å²) in [6, 6.07) is 13.3. The fourth-order valence-electron chi connectivity index (χ4n) is 3.36. The van der Waals surface area contributed by atoms with Crippen LogP contribution in [0.2, 0.25) is 0 Å². The largest absolute Gasteiger partial charge is 0.478 e. The van der Waals surface area contributed by atoms with Crippen LogP contribution in [0, 0.1) is 0 Å². The van der Waals surface area contributed by atoms with Gasteiger partial charge in [0.25, 0.3) is 11.8 Å². The molecule has 2 aromatic carbocycles. The molecule has 1 aliphatic heterocycles. The molecule has 0 atom stereocenters. The molecule has 168 valence electrons. The second-order valence-electron chi connectivity index (χ2n) is 7.49. The predicted molar refractivity (Wildman–Crippen MR) is 126 cm³/mol. The van der Waals surface area contributed by atoms with Crippen LogP contribution in [0.5, 0.6) is 0 Å². The molecule has 2 N–H and O–H groups in total. The molecule has 1 aliphatic rings. The summed E-state index contributed by atoms with van der Waals surface area (Å²) in [5.41, 5.74) is 2.44. The molecule has 8 nitrogen and oxygen atoms in total. The maximum absolute atomic E-state index is 13.2. The molecule has 33 heavy (non-hydrogen) atoms. The Morgan fingerprint density at radius 3 is 2.36 bits per heavy atom. The molecule has 2 aromatic rings. The summed E-state index contributed by atoms with van der Waals surface area (Å²) < 4.78 is 0. The Kier molecular flexibility index (Phi) is 6.88. The van der Waals surface area contributed by atoms with Crippen molar-refractivity contribution in [3.05, 3.63) is 88.7 Å². The van der Waals surface area contributed by atoms with Crippen molar-refractivity contribution in [1.82, 2.24) is 5.32 Å². The maximum Gasteiger partial charge on any atom is 0.335 e. The maximum atomic E-state index is 13.2. The molecular weight excluding hydrogens is 422 g/mol. The Morgan fingerprint density at radius 2 is 1.76 bits per heavy atom. The van der Waals surface area contributed by atoms with Crippen LogP contribution in [0.4, 0.5) is 11.4 Å². The minimum Gasteiger partial charge on any atom is -0.478 e. The molecule has 0 fully saturated rings. The number of nitrogens with zero attached hydrogens (tertiary/aromatic N) is 2. The van der Waals surface area contributed by atoms with E-state index in [0.29, 0.717) is 12.0 Å². The van der Waals surface area contributed by atoms with Crippen molar-refractivity contribution in [3.8, 4) is 0 Å². The highest BCUT2D eigenvalue weighted by Gasteiger charge is 2.36. The smallest absolute Gasteiger partial charge is 0.335 e. The van der Waals surface area contributed by atoms with Crippen molar-refractivity contribution in [1.29, 1.82) is 0 Å². The molecular formula is C25H23N3O5. The van der Waals surface area contributed by atoms with Gasteiger partial charge in [0.2, 0.25) is 6.41 Å². The van der Waals surface area contributed by atoms with Crippen molar-refractivity contribution in [2.24, 2.45) is 0 Å². The second kappa shape index (κ2) is 9.78. The molecule has 1 heterocycles. The number of hydrogen-bond acceptors (Lipinski definition) is 5. The van der Waals surface area contributed by atoms with Gasteiger partial charge in [-0.1, -0.05) is 30.4 Å². The molecule has 0 saturated carbocycles. The first-order valence-corrected chi connectivity index (χ1v) is 10.0. The summed E-state index contributed by atoms with van der Waals surface area (Å²) >= 11 is 0. The second-order valence-corrected chi connectivity index (χ2v) is 7.49. The average molecular weight is 445 g/mol. The number of anilines is 2. The highest BCUT2D eigenvalue weighted by atomic mass is 16.4. The zero-order valence-electron chi connectivity index (χ0n) is 18.4. The van der Waals surface area contributed by atoms with Crippen LogP contribution in [0.25, 0.3) is 6.08 Å². The Bertz CT molecular complexity index is 1210. The molecule has 8 heteroatoms. The SMILES string of the molecule is CC1=C(NC=O)C(=O)N(c2cccc(C(=O)O)c2)C(=O)/C1=C\C=C\c1ccc(N(C)C)cc1. The van der Waals surface area contributed by atoms with Crippen LogP contribution < -0.4 is 15.1 Å². The number of carbonyl (C=O) groups is 4. The topological polar surface area (TPSA) is 107 Å². The third kappa shape index (κ3) is 4.90. The summed E-state index contributed by atoms with van der Waals surface area (Å²) in [5.74, 6) is -2.55. The number of amides is 3. The lowest BCUT2D eigenvalue weighted by Crippen LogP contribution is -2.46. The molecule has 0 radical (unpaired) electrons. The van der Waals surface area contributed by atoms with Gasteiger partial charge in [0.15, 0.2) is 0 Å². The first-order valence-electron chi connectivity index (χ1n) is 10.0. The van der Waals surface area contributed by atoms with Crippen LogP contribution in [-0.4, -0.2) is 43.4 Å². The minimum absolute atomic E-state index is 0.0553. The Hall–Kier alpha value is -4.46. The third-order valence-corrected chi connectivity index (χ3v) is 5.15. The van der Waals surface area contributed by atoms with Gasteiger partial charge in [-0.25, -0.2) is 9.69 Å². The van der Waals surface area contributed by atoms with Crippen LogP contribution in [-0.2, 0) is 14.4 Å². The van der Waals surface area contributed by atoms with Gasteiger partial charge in [-0.3, -0.25) is 14.4 Å². The number of carboxylic acid groups (broad SMARTS) is 1. The summed E-state index contributed by atoms with van der Waals surface area (Å²) in [6.45, 7) is 1.57. The monoisotopic (exact) mass is 445 g/mol. The highest BCUT2D eigenvalue weighted by molar-refractivity contribution is 6.30. The van der Waals surface area contributed by atoms with E-state index in [4.69, 9.17) is 0 Å². The Balaban J connectivity index is 2.01. The van der Waals surface area contributed by atoms with Gasteiger partial charge in [0.05, 0.1) is 11.3 Å². The molecule has 3 amide bonds. The number of aromatic carboxylic acids is 1. The Labute approximate surface area is 191 Å². The van der Waals surface area contributed by atoms with Gasteiger partial charge in [-0.15, -0.1) is 0 Å². The van der Waals surface area contributed by atoms with Crippen LogP contribution in [0.3, 0.4) is 0 Å². The number of rotatable bonds is 7. The standard InChI is InChI=1S/C25H23N3O5/c1-16-21(9-4-6-17-10-12-19(13-11-17)27(2)3)23(30)28(24(31)22(16)26-15-29)20-8-5-7-18(14-20)25(32)33/h4-15H,1-3H3,(H,26,29)(H,32,33)/b6-4+,21-9-.